The molecule has 2 saturated carbocycles. The van der Waals surface area contributed by atoms with E-state index in [0.717, 1.165) is 25.7 Å². The minimum atomic E-state index is -1.14. The van der Waals surface area contributed by atoms with E-state index in [0.29, 0.717) is 6.54 Å². The number of amides is 2. The van der Waals surface area contributed by atoms with E-state index in [4.69, 9.17) is 0 Å². The number of nitrogens with zero attached hydrogens (tertiary/aromatic N) is 1. The zero-order valence-electron chi connectivity index (χ0n) is 12.5. The first kappa shape index (κ1) is 15.1. The maximum atomic E-state index is 12.0. The molecule has 0 aliphatic heterocycles. The Labute approximate surface area is 119 Å². The molecule has 2 fully saturated rings. The Kier molecular flexibility index (Phi) is 3.95. The number of nitrogens with one attached hydrogen (secondary N) is 2. The highest BCUT2D eigenvalue weighted by atomic mass is 16.4. The van der Waals surface area contributed by atoms with Crippen LogP contribution in [0.1, 0.15) is 39.0 Å². The summed E-state index contributed by atoms with van der Waals surface area (Å²) in [6.07, 6.45) is 5.05. The summed E-state index contributed by atoms with van der Waals surface area (Å²) in [6, 6.07) is -0.380. The number of carboxylic acids is 1. The van der Waals surface area contributed by atoms with Gasteiger partial charge in [0, 0.05) is 12.1 Å². The van der Waals surface area contributed by atoms with Gasteiger partial charge < -0.3 is 20.6 Å². The third kappa shape index (κ3) is 2.75. The summed E-state index contributed by atoms with van der Waals surface area (Å²) in [5.74, 6) is -0.904. The monoisotopic (exact) mass is 283 g/mol. The molecular weight excluding hydrogens is 258 g/mol. The number of carbonyl (C=O) groups is 2. The van der Waals surface area contributed by atoms with Gasteiger partial charge in [0.25, 0.3) is 0 Å². The van der Waals surface area contributed by atoms with Crippen molar-refractivity contribution in [1.82, 2.24) is 15.5 Å². The predicted molar refractivity (Wildman–Crippen MR) is 75.6 cm³/mol. The Morgan fingerprint density at radius 3 is 2.30 bits per heavy atom. The lowest BCUT2D eigenvalue weighted by molar-refractivity contribution is -0.144. The molecule has 0 aromatic rings. The Morgan fingerprint density at radius 1 is 1.35 bits per heavy atom. The average molecular weight is 283 g/mol. The van der Waals surface area contributed by atoms with E-state index in [-0.39, 0.29) is 17.5 Å². The second kappa shape index (κ2) is 5.24. The number of likely N-dealkylation sites (N-methyl/N-ethyl adjacent to an activating group) is 1. The Balaban J connectivity index is 1.87. The molecule has 0 radical (unpaired) electrons. The number of aliphatic carboxylic acids is 1. The molecule has 0 bridgehead atoms. The van der Waals surface area contributed by atoms with Gasteiger partial charge in [-0.05, 0) is 59.0 Å². The van der Waals surface area contributed by atoms with Crippen LogP contribution in [-0.2, 0) is 4.79 Å². The number of carbonyl (C=O) groups excluding carboxylic acids is 1. The van der Waals surface area contributed by atoms with Crippen LogP contribution in [0, 0.1) is 5.92 Å². The lowest BCUT2D eigenvalue weighted by atomic mass is 9.75. The second-order valence-corrected chi connectivity index (χ2v) is 6.56. The highest BCUT2D eigenvalue weighted by molar-refractivity contribution is 5.86. The van der Waals surface area contributed by atoms with Crippen molar-refractivity contribution in [3.05, 3.63) is 0 Å². The van der Waals surface area contributed by atoms with Gasteiger partial charge in [0.2, 0.25) is 0 Å². The molecule has 3 N–H and O–H groups in total. The predicted octanol–water partition coefficient (Wildman–Crippen LogP) is 1.02. The van der Waals surface area contributed by atoms with E-state index in [1.807, 2.05) is 14.1 Å². The van der Waals surface area contributed by atoms with Crippen LogP contribution in [-0.4, -0.2) is 53.7 Å². The lowest BCUT2D eigenvalue weighted by Crippen LogP contribution is -2.61. The van der Waals surface area contributed by atoms with Gasteiger partial charge in [0.15, 0.2) is 0 Å². The summed E-state index contributed by atoms with van der Waals surface area (Å²) in [5.41, 5.74) is -1.11. The molecule has 0 spiro atoms. The molecule has 6 nitrogen and oxygen atoms in total. The molecule has 6 heteroatoms. The number of urea groups is 1. The molecule has 2 rings (SSSR count). The normalized spacial score (nSPS) is 23.6. The summed E-state index contributed by atoms with van der Waals surface area (Å²) >= 11 is 0. The molecule has 0 aromatic heterocycles. The molecule has 114 valence electrons. The van der Waals surface area contributed by atoms with E-state index in [1.54, 1.807) is 6.92 Å². The molecule has 0 saturated heterocycles. The smallest absolute Gasteiger partial charge is 0.329 e. The van der Waals surface area contributed by atoms with Crippen molar-refractivity contribution in [2.24, 2.45) is 5.92 Å². The van der Waals surface area contributed by atoms with Crippen LogP contribution in [0.15, 0.2) is 0 Å². The number of hydrogen-bond acceptors (Lipinski definition) is 3. The molecular formula is C14H25N3O3. The third-order valence-corrected chi connectivity index (χ3v) is 5.02. The summed E-state index contributed by atoms with van der Waals surface area (Å²) < 4.78 is 0. The SMILES string of the molecule is CN(C)C1(CNC(=O)NC(C)(C(=O)O)C2CC2)CCC1. The minimum absolute atomic E-state index is 0.0382. The minimum Gasteiger partial charge on any atom is -0.480 e. The van der Waals surface area contributed by atoms with Crippen LogP contribution in [0.3, 0.4) is 0 Å². The zero-order valence-corrected chi connectivity index (χ0v) is 12.5. The van der Waals surface area contributed by atoms with E-state index in [9.17, 15) is 14.7 Å². The van der Waals surface area contributed by atoms with E-state index in [2.05, 4.69) is 15.5 Å². The van der Waals surface area contributed by atoms with Crippen LogP contribution >= 0.6 is 0 Å². The largest absolute Gasteiger partial charge is 0.480 e. The van der Waals surface area contributed by atoms with E-state index >= 15 is 0 Å². The highest BCUT2D eigenvalue weighted by Gasteiger charge is 2.49. The van der Waals surface area contributed by atoms with Gasteiger partial charge in [0.1, 0.15) is 5.54 Å². The summed E-state index contributed by atoms with van der Waals surface area (Å²) in [6.45, 7) is 2.16. The van der Waals surface area contributed by atoms with Crippen molar-refractivity contribution in [2.45, 2.75) is 50.1 Å². The fraction of sp³-hybridized carbons (Fsp3) is 0.857. The number of hydrogen-bond donors (Lipinski definition) is 3. The first-order valence-electron chi connectivity index (χ1n) is 7.27. The van der Waals surface area contributed by atoms with Crippen molar-refractivity contribution >= 4 is 12.0 Å². The number of carboxylic acid groups (broad SMARTS) is 1. The van der Waals surface area contributed by atoms with Gasteiger partial charge in [-0.3, -0.25) is 0 Å². The fourth-order valence-electron chi connectivity index (χ4n) is 2.88. The molecule has 2 aliphatic carbocycles. The molecule has 1 atom stereocenters. The molecule has 2 amide bonds. The summed E-state index contributed by atoms with van der Waals surface area (Å²) in [7, 11) is 4.04. The van der Waals surface area contributed by atoms with Crippen molar-refractivity contribution in [1.29, 1.82) is 0 Å². The van der Waals surface area contributed by atoms with Crippen molar-refractivity contribution in [2.75, 3.05) is 20.6 Å². The van der Waals surface area contributed by atoms with Crippen molar-refractivity contribution in [3.63, 3.8) is 0 Å². The topological polar surface area (TPSA) is 81.7 Å². The molecule has 0 aromatic carbocycles. The quantitative estimate of drug-likeness (QED) is 0.680. The van der Waals surface area contributed by atoms with Crippen molar-refractivity contribution < 1.29 is 14.7 Å². The van der Waals surface area contributed by atoms with E-state index < -0.39 is 11.5 Å². The van der Waals surface area contributed by atoms with Crippen LogP contribution < -0.4 is 10.6 Å². The second-order valence-electron chi connectivity index (χ2n) is 6.56. The maximum absolute atomic E-state index is 12.0. The van der Waals surface area contributed by atoms with Crippen molar-refractivity contribution in [3.8, 4) is 0 Å². The lowest BCUT2D eigenvalue weighted by Gasteiger charge is -2.47. The van der Waals surface area contributed by atoms with Gasteiger partial charge >= 0.3 is 12.0 Å². The Hall–Kier alpha value is -1.30. The van der Waals surface area contributed by atoms with Gasteiger partial charge in [-0.1, -0.05) is 0 Å². The Morgan fingerprint density at radius 2 is 1.95 bits per heavy atom. The number of rotatable bonds is 6. The van der Waals surface area contributed by atoms with Crippen LogP contribution in [0.5, 0.6) is 0 Å². The Bertz CT molecular complexity index is 402. The first-order chi connectivity index (χ1) is 9.30. The van der Waals surface area contributed by atoms with Crippen LogP contribution in [0.2, 0.25) is 0 Å². The van der Waals surface area contributed by atoms with Crippen LogP contribution in [0.4, 0.5) is 4.79 Å². The molecule has 1 unspecified atom stereocenters. The summed E-state index contributed by atoms with van der Waals surface area (Å²) in [5, 5.41) is 14.8. The van der Waals surface area contributed by atoms with Gasteiger partial charge in [-0.2, -0.15) is 0 Å². The van der Waals surface area contributed by atoms with Gasteiger partial charge in [0.05, 0.1) is 0 Å². The maximum Gasteiger partial charge on any atom is 0.329 e. The summed E-state index contributed by atoms with van der Waals surface area (Å²) in [4.78, 5) is 25.5. The molecule has 20 heavy (non-hydrogen) atoms. The van der Waals surface area contributed by atoms with Crippen LogP contribution in [0.25, 0.3) is 0 Å². The zero-order chi connectivity index (χ0) is 15.0. The van der Waals surface area contributed by atoms with Gasteiger partial charge in [-0.15, -0.1) is 0 Å². The molecule has 2 aliphatic rings. The highest BCUT2D eigenvalue weighted by Crippen LogP contribution is 2.39. The average Bonchev–Trinajstić information content (AvgIpc) is 3.10. The molecule has 0 heterocycles. The standard InChI is InChI=1S/C14H25N3O3/c1-13(11(18)19,10-5-6-10)16-12(20)15-9-14(17(2)3)7-4-8-14/h10H,4-9H2,1-3H3,(H,18,19)(H2,15,16,20). The fourth-order valence-corrected chi connectivity index (χ4v) is 2.88. The third-order valence-electron chi connectivity index (χ3n) is 5.02. The van der Waals surface area contributed by atoms with E-state index in [1.165, 1.54) is 6.42 Å². The first-order valence-corrected chi connectivity index (χ1v) is 7.27. The van der Waals surface area contributed by atoms with Gasteiger partial charge in [-0.25, -0.2) is 9.59 Å².